The summed E-state index contributed by atoms with van der Waals surface area (Å²) in [6.45, 7) is 3.21. The molecule has 2 amide bonds. The number of carbonyl (C=O) groups excluding carboxylic acids is 2. The van der Waals surface area contributed by atoms with Crippen LogP contribution < -0.4 is 10.6 Å². The summed E-state index contributed by atoms with van der Waals surface area (Å²) in [6.07, 6.45) is -0.336. The van der Waals surface area contributed by atoms with Gasteiger partial charge in [-0.25, -0.2) is 9.59 Å². The van der Waals surface area contributed by atoms with Gasteiger partial charge in [0.1, 0.15) is 6.04 Å². The minimum absolute atomic E-state index is 0.0575. The number of carboxylic acid groups (broad SMARTS) is 2. The zero-order chi connectivity index (χ0) is 20.4. The van der Waals surface area contributed by atoms with Crippen molar-refractivity contribution in [3.8, 4) is 0 Å². The molecule has 0 saturated heterocycles. The monoisotopic (exact) mass is 396 g/mol. The third-order valence-corrected chi connectivity index (χ3v) is 4.83. The van der Waals surface area contributed by atoms with Crippen LogP contribution >= 0.6 is 11.8 Å². The zero-order valence-corrected chi connectivity index (χ0v) is 16.0. The van der Waals surface area contributed by atoms with Crippen molar-refractivity contribution in [1.82, 2.24) is 10.6 Å². The van der Waals surface area contributed by atoms with Gasteiger partial charge >= 0.3 is 18.0 Å². The van der Waals surface area contributed by atoms with E-state index in [9.17, 15) is 24.3 Å². The lowest BCUT2D eigenvalue weighted by Gasteiger charge is -2.19. The van der Waals surface area contributed by atoms with E-state index in [1.807, 2.05) is 31.2 Å². The number of hydrogen-bond donors (Lipinski definition) is 4. The smallest absolute Gasteiger partial charge is 0.327 e. The predicted molar refractivity (Wildman–Crippen MR) is 102 cm³/mol. The average Bonchev–Trinajstić information content (AvgIpc) is 2.58. The molecule has 0 radical (unpaired) electrons. The van der Waals surface area contributed by atoms with Gasteiger partial charge in [-0.3, -0.25) is 9.59 Å². The van der Waals surface area contributed by atoms with Crippen molar-refractivity contribution < 1.29 is 29.4 Å². The first-order chi connectivity index (χ1) is 12.7. The first-order valence-electron chi connectivity index (χ1n) is 8.34. The zero-order valence-electron chi connectivity index (χ0n) is 15.2. The summed E-state index contributed by atoms with van der Waals surface area (Å²) < 4.78 is 0. The molecule has 0 unspecified atom stereocenters. The maximum atomic E-state index is 12.0. The Hall–Kier alpha value is -2.55. The van der Waals surface area contributed by atoms with E-state index in [2.05, 4.69) is 10.6 Å². The topological polar surface area (TPSA) is 133 Å². The number of nitrogens with one attached hydrogen (secondary N) is 2. The number of amides is 2. The summed E-state index contributed by atoms with van der Waals surface area (Å²) in [5.74, 6) is -1.92. The van der Waals surface area contributed by atoms with Gasteiger partial charge in [-0.15, -0.1) is 0 Å². The highest BCUT2D eigenvalue weighted by atomic mass is 32.2. The Balaban J connectivity index is 2.52. The first-order valence-corrected chi connectivity index (χ1v) is 9.50. The van der Waals surface area contributed by atoms with Crippen molar-refractivity contribution in [3.05, 3.63) is 35.4 Å². The van der Waals surface area contributed by atoms with Gasteiger partial charge in [0.15, 0.2) is 5.78 Å². The molecule has 0 bridgehead atoms. The van der Waals surface area contributed by atoms with Crippen LogP contribution in [-0.4, -0.2) is 51.8 Å². The van der Waals surface area contributed by atoms with E-state index in [-0.39, 0.29) is 18.6 Å². The standard InChI is InChI=1S/C18H24N2O6S/c1-11-3-5-13(6-4-11)9-27-10-15(17(24)25)20-18(26)19-14(12(2)21)7-8-16(22)23/h3-6,14-15H,7-10H2,1-2H3,(H,22,23)(H,24,25)(H2,19,20,26)/t14-,15-/m0/s1. The van der Waals surface area contributed by atoms with Crippen LogP contribution in [0.5, 0.6) is 0 Å². The van der Waals surface area contributed by atoms with Gasteiger partial charge in [-0.05, 0) is 25.8 Å². The molecule has 27 heavy (non-hydrogen) atoms. The minimum Gasteiger partial charge on any atom is -0.481 e. The fourth-order valence-electron chi connectivity index (χ4n) is 2.16. The molecule has 0 aliphatic rings. The highest BCUT2D eigenvalue weighted by Crippen LogP contribution is 2.14. The SMILES string of the molecule is CC(=O)[C@H](CCC(=O)O)NC(=O)N[C@@H](CSCc1ccc(C)cc1)C(=O)O. The van der Waals surface area contributed by atoms with Crippen LogP contribution in [-0.2, 0) is 20.1 Å². The Morgan fingerprint density at radius 3 is 2.15 bits per heavy atom. The predicted octanol–water partition coefficient (Wildman–Crippen LogP) is 1.80. The van der Waals surface area contributed by atoms with Gasteiger partial charge in [-0.2, -0.15) is 11.8 Å². The Bertz CT molecular complexity index is 677. The number of carbonyl (C=O) groups is 4. The summed E-state index contributed by atoms with van der Waals surface area (Å²) in [4.78, 5) is 45.5. The number of rotatable bonds is 11. The fourth-order valence-corrected chi connectivity index (χ4v) is 3.16. The normalized spacial score (nSPS) is 12.7. The molecular formula is C18H24N2O6S. The van der Waals surface area contributed by atoms with Gasteiger partial charge in [0.2, 0.25) is 0 Å². The maximum Gasteiger partial charge on any atom is 0.327 e. The largest absolute Gasteiger partial charge is 0.481 e. The Kier molecular flexibility index (Phi) is 9.35. The number of Topliss-reactive ketones (excluding diaryl/α,β-unsaturated/α-hetero) is 1. The third-order valence-electron chi connectivity index (χ3n) is 3.72. The van der Waals surface area contributed by atoms with Crippen molar-refractivity contribution >= 4 is 35.5 Å². The van der Waals surface area contributed by atoms with Gasteiger partial charge in [0, 0.05) is 17.9 Å². The summed E-state index contributed by atoms with van der Waals surface area (Å²) >= 11 is 1.36. The summed E-state index contributed by atoms with van der Waals surface area (Å²) in [5.41, 5.74) is 2.18. The van der Waals surface area contributed by atoms with Crippen LogP contribution in [0.4, 0.5) is 4.79 Å². The molecule has 0 aliphatic carbocycles. The van der Waals surface area contributed by atoms with Gasteiger partial charge < -0.3 is 20.8 Å². The van der Waals surface area contributed by atoms with Crippen LogP contribution in [0.3, 0.4) is 0 Å². The number of thioether (sulfide) groups is 1. The molecule has 0 aromatic heterocycles. The van der Waals surface area contributed by atoms with Crippen molar-refractivity contribution in [3.63, 3.8) is 0 Å². The molecule has 0 heterocycles. The summed E-state index contributed by atoms with van der Waals surface area (Å²) in [5, 5.41) is 22.6. The Morgan fingerprint density at radius 2 is 1.63 bits per heavy atom. The first kappa shape index (κ1) is 22.5. The van der Waals surface area contributed by atoms with E-state index in [1.54, 1.807) is 0 Å². The van der Waals surface area contributed by atoms with Crippen molar-refractivity contribution in [1.29, 1.82) is 0 Å². The lowest BCUT2D eigenvalue weighted by Crippen LogP contribution is -2.51. The second-order valence-corrected chi connectivity index (χ2v) is 7.14. The number of aliphatic carboxylic acids is 2. The summed E-state index contributed by atoms with van der Waals surface area (Å²) in [6, 6.07) is 4.92. The van der Waals surface area contributed by atoms with E-state index < -0.39 is 35.8 Å². The molecule has 0 fully saturated rings. The molecule has 0 spiro atoms. The van der Waals surface area contributed by atoms with E-state index in [4.69, 9.17) is 5.11 Å². The molecule has 1 rings (SSSR count). The lowest BCUT2D eigenvalue weighted by atomic mass is 10.1. The number of benzene rings is 1. The molecule has 2 atom stereocenters. The lowest BCUT2D eigenvalue weighted by molar-refractivity contribution is -0.139. The number of aryl methyl sites for hydroxylation is 1. The highest BCUT2D eigenvalue weighted by Gasteiger charge is 2.23. The maximum absolute atomic E-state index is 12.0. The van der Waals surface area contributed by atoms with Crippen LogP contribution in [0.25, 0.3) is 0 Å². The van der Waals surface area contributed by atoms with Crippen molar-refractivity contribution in [2.45, 2.75) is 44.5 Å². The number of hydrogen-bond acceptors (Lipinski definition) is 5. The second kappa shape index (κ2) is 11.2. The molecule has 4 N–H and O–H groups in total. The van der Waals surface area contributed by atoms with Gasteiger partial charge in [0.25, 0.3) is 0 Å². The summed E-state index contributed by atoms with van der Waals surface area (Å²) in [7, 11) is 0. The van der Waals surface area contributed by atoms with Crippen LogP contribution in [0.1, 0.15) is 30.9 Å². The average molecular weight is 396 g/mol. The molecule has 0 aliphatic heterocycles. The van der Waals surface area contributed by atoms with Crippen molar-refractivity contribution in [2.24, 2.45) is 0 Å². The van der Waals surface area contributed by atoms with E-state index >= 15 is 0 Å². The molecule has 148 valence electrons. The minimum atomic E-state index is -1.19. The van der Waals surface area contributed by atoms with E-state index in [1.165, 1.54) is 18.7 Å². The number of urea groups is 1. The highest BCUT2D eigenvalue weighted by molar-refractivity contribution is 7.98. The fraction of sp³-hybridized carbons (Fsp3) is 0.444. The Labute approximate surface area is 161 Å². The third kappa shape index (κ3) is 9.09. The van der Waals surface area contributed by atoms with Crippen LogP contribution in [0.2, 0.25) is 0 Å². The van der Waals surface area contributed by atoms with E-state index in [0.29, 0.717) is 5.75 Å². The van der Waals surface area contributed by atoms with Crippen LogP contribution in [0, 0.1) is 6.92 Å². The molecule has 8 nitrogen and oxygen atoms in total. The molecule has 1 aromatic carbocycles. The second-order valence-electron chi connectivity index (χ2n) is 6.10. The molecule has 9 heteroatoms. The number of carboxylic acids is 2. The molecular weight excluding hydrogens is 372 g/mol. The van der Waals surface area contributed by atoms with Crippen LogP contribution in [0.15, 0.2) is 24.3 Å². The van der Waals surface area contributed by atoms with Crippen molar-refractivity contribution in [2.75, 3.05) is 5.75 Å². The molecule has 1 aromatic rings. The van der Waals surface area contributed by atoms with Gasteiger partial charge in [0.05, 0.1) is 6.04 Å². The van der Waals surface area contributed by atoms with E-state index in [0.717, 1.165) is 11.1 Å². The van der Waals surface area contributed by atoms with Gasteiger partial charge in [-0.1, -0.05) is 29.8 Å². The quantitative estimate of drug-likeness (QED) is 0.448. The Morgan fingerprint density at radius 1 is 1.04 bits per heavy atom. The number of ketones is 1. The molecule has 0 saturated carbocycles.